The lowest BCUT2D eigenvalue weighted by Gasteiger charge is -2.10. The van der Waals surface area contributed by atoms with Gasteiger partial charge in [0, 0.05) is 22.6 Å². The Morgan fingerprint density at radius 3 is 2.68 bits per heavy atom. The topological polar surface area (TPSA) is 68.0 Å². The van der Waals surface area contributed by atoms with Crippen LogP contribution in [0.1, 0.15) is 10.4 Å². The van der Waals surface area contributed by atoms with Crippen molar-refractivity contribution in [3.63, 3.8) is 0 Å². The summed E-state index contributed by atoms with van der Waals surface area (Å²) in [5, 5.41) is 3.23. The molecule has 0 fully saturated rings. The third kappa shape index (κ3) is 3.00. The summed E-state index contributed by atoms with van der Waals surface area (Å²) in [5.74, 6) is -0.397. The molecule has 0 unspecified atom stereocenters. The Labute approximate surface area is 128 Å². The van der Waals surface area contributed by atoms with E-state index in [0.29, 0.717) is 20.9 Å². The van der Waals surface area contributed by atoms with Crippen molar-refractivity contribution in [1.82, 2.24) is 4.98 Å². The average molecular weight is 361 g/mol. The third-order valence-electron chi connectivity index (χ3n) is 2.38. The van der Waals surface area contributed by atoms with Crippen molar-refractivity contribution in [1.29, 1.82) is 0 Å². The lowest BCUT2D eigenvalue weighted by atomic mass is 10.2. The van der Waals surface area contributed by atoms with E-state index in [0.717, 1.165) is 0 Å². The van der Waals surface area contributed by atoms with Crippen LogP contribution in [0.4, 0.5) is 11.4 Å². The second-order valence-electron chi connectivity index (χ2n) is 3.64. The fourth-order valence-corrected chi connectivity index (χ4v) is 2.23. The maximum Gasteiger partial charge on any atom is 0.259 e. The number of nitrogens with one attached hydrogen (secondary N) is 1. The number of pyridine rings is 1. The fourth-order valence-electron chi connectivity index (χ4n) is 1.41. The number of carbonyl (C=O) groups excluding carboxylic acids is 1. The van der Waals surface area contributed by atoms with Crippen molar-refractivity contribution in [3.05, 3.63) is 50.7 Å². The third-order valence-corrected chi connectivity index (χ3v) is 4.15. The fraction of sp³-hybridized carbons (Fsp3) is 0. The minimum absolute atomic E-state index is 0.256. The van der Waals surface area contributed by atoms with Gasteiger partial charge in [-0.2, -0.15) is 0 Å². The first-order valence-electron chi connectivity index (χ1n) is 5.15. The van der Waals surface area contributed by atoms with Crippen LogP contribution in [-0.2, 0) is 0 Å². The summed E-state index contributed by atoms with van der Waals surface area (Å²) in [6, 6.07) is 4.88. The highest BCUT2D eigenvalue weighted by molar-refractivity contribution is 9.10. The van der Waals surface area contributed by atoms with Crippen LogP contribution in [0.2, 0.25) is 10.0 Å². The van der Waals surface area contributed by atoms with Crippen molar-refractivity contribution in [2.24, 2.45) is 0 Å². The van der Waals surface area contributed by atoms with Crippen molar-refractivity contribution >= 4 is 56.4 Å². The smallest absolute Gasteiger partial charge is 0.259 e. The van der Waals surface area contributed by atoms with Crippen molar-refractivity contribution in [2.45, 2.75) is 0 Å². The molecule has 98 valence electrons. The van der Waals surface area contributed by atoms with E-state index >= 15 is 0 Å². The monoisotopic (exact) mass is 359 g/mol. The lowest BCUT2D eigenvalue weighted by molar-refractivity contribution is 0.102. The molecule has 2 rings (SSSR count). The van der Waals surface area contributed by atoms with Crippen LogP contribution < -0.4 is 11.1 Å². The van der Waals surface area contributed by atoms with Crippen molar-refractivity contribution < 1.29 is 4.79 Å². The molecule has 0 aliphatic heterocycles. The molecule has 2 aromatic rings. The first-order valence-corrected chi connectivity index (χ1v) is 6.70. The van der Waals surface area contributed by atoms with Gasteiger partial charge in [-0.15, -0.1) is 0 Å². The number of hydrogen-bond acceptors (Lipinski definition) is 3. The van der Waals surface area contributed by atoms with Gasteiger partial charge in [0.1, 0.15) is 0 Å². The quantitative estimate of drug-likeness (QED) is 0.795. The SMILES string of the molecule is Nc1ccncc1C(=O)Nc1ccc(Br)c(Cl)c1Cl. The average Bonchev–Trinajstić information content (AvgIpc) is 2.40. The van der Waals surface area contributed by atoms with Crippen LogP contribution in [0.3, 0.4) is 0 Å². The Bertz CT molecular complexity index is 649. The number of anilines is 2. The number of carbonyl (C=O) groups is 1. The summed E-state index contributed by atoms with van der Waals surface area (Å²) in [4.78, 5) is 15.9. The molecule has 0 spiro atoms. The Morgan fingerprint density at radius 2 is 2.00 bits per heavy atom. The molecule has 3 N–H and O–H groups in total. The largest absolute Gasteiger partial charge is 0.398 e. The van der Waals surface area contributed by atoms with Gasteiger partial charge in [-0.3, -0.25) is 9.78 Å². The number of nitrogens with two attached hydrogens (primary N) is 1. The van der Waals surface area contributed by atoms with Crippen LogP contribution in [0.25, 0.3) is 0 Å². The van der Waals surface area contributed by atoms with Gasteiger partial charge < -0.3 is 11.1 Å². The predicted molar refractivity (Wildman–Crippen MR) is 80.8 cm³/mol. The molecule has 0 aliphatic rings. The Balaban J connectivity index is 2.30. The molecule has 0 saturated heterocycles. The summed E-state index contributed by atoms with van der Waals surface area (Å²) in [6.07, 6.45) is 2.90. The molecule has 0 aliphatic carbocycles. The van der Waals surface area contributed by atoms with E-state index in [1.54, 1.807) is 18.2 Å². The highest BCUT2D eigenvalue weighted by Gasteiger charge is 2.14. The second kappa shape index (κ2) is 5.77. The van der Waals surface area contributed by atoms with E-state index in [1.165, 1.54) is 12.4 Å². The summed E-state index contributed by atoms with van der Waals surface area (Å²) < 4.78 is 0.651. The molecule has 19 heavy (non-hydrogen) atoms. The van der Waals surface area contributed by atoms with Gasteiger partial charge in [-0.05, 0) is 34.1 Å². The number of rotatable bonds is 2. The molecule has 1 amide bonds. The Kier molecular flexibility index (Phi) is 4.29. The number of nitrogens with zero attached hydrogens (tertiary/aromatic N) is 1. The van der Waals surface area contributed by atoms with Crippen LogP contribution in [-0.4, -0.2) is 10.9 Å². The molecule has 7 heteroatoms. The Morgan fingerprint density at radius 1 is 1.26 bits per heavy atom. The van der Waals surface area contributed by atoms with Gasteiger partial charge in [0.15, 0.2) is 0 Å². The molecule has 0 saturated carbocycles. The zero-order valence-electron chi connectivity index (χ0n) is 9.45. The highest BCUT2D eigenvalue weighted by atomic mass is 79.9. The van der Waals surface area contributed by atoms with Gasteiger partial charge in [0.2, 0.25) is 0 Å². The number of nitrogen functional groups attached to an aromatic ring is 1. The summed E-state index contributed by atoms with van der Waals surface area (Å²) >= 11 is 15.3. The maximum atomic E-state index is 12.0. The number of aromatic nitrogens is 1. The van der Waals surface area contributed by atoms with Gasteiger partial charge in [-0.25, -0.2) is 0 Å². The second-order valence-corrected chi connectivity index (χ2v) is 5.25. The molecule has 1 heterocycles. The predicted octanol–water partition coefficient (Wildman–Crippen LogP) is 3.99. The van der Waals surface area contributed by atoms with Gasteiger partial charge in [-0.1, -0.05) is 23.2 Å². The Hall–Kier alpha value is -1.30. The molecular formula is C12H8BrCl2N3O. The molecular weight excluding hydrogens is 353 g/mol. The highest BCUT2D eigenvalue weighted by Crippen LogP contribution is 2.36. The van der Waals surface area contributed by atoms with Gasteiger partial charge >= 0.3 is 0 Å². The van der Waals surface area contributed by atoms with Crippen LogP contribution in [0, 0.1) is 0 Å². The molecule has 0 atom stereocenters. The van der Waals surface area contributed by atoms with Crippen molar-refractivity contribution in [2.75, 3.05) is 11.1 Å². The molecule has 1 aromatic carbocycles. The number of benzene rings is 1. The van der Waals surface area contributed by atoms with E-state index < -0.39 is 5.91 Å². The summed E-state index contributed by atoms with van der Waals surface area (Å²) in [5.41, 5.74) is 6.72. The lowest BCUT2D eigenvalue weighted by Crippen LogP contribution is -2.14. The van der Waals surface area contributed by atoms with Gasteiger partial charge in [0.05, 0.1) is 21.3 Å². The first kappa shape index (κ1) is 14.1. The van der Waals surface area contributed by atoms with E-state index in [-0.39, 0.29) is 10.6 Å². The molecule has 0 radical (unpaired) electrons. The van der Waals surface area contributed by atoms with Crippen LogP contribution >= 0.6 is 39.1 Å². The van der Waals surface area contributed by atoms with E-state index in [1.807, 2.05) is 0 Å². The number of halogens is 3. The van der Waals surface area contributed by atoms with Crippen molar-refractivity contribution in [3.8, 4) is 0 Å². The van der Waals surface area contributed by atoms with E-state index in [9.17, 15) is 4.79 Å². The standard InChI is InChI=1S/C12H8BrCl2N3O/c13-7-1-2-9(11(15)10(7)14)18-12(19)6-5-17-4-3-8(6)16/h1-5H,(H2,16,17)(H,18,19). The summed E-state index contributed by atoms with van der Waals surface area (Å²) in [7, 11) is 0. The zero-order chi connectivity index (χ0) is 14.0. The number of hydrogen-bond donors (Lipinski definition) is 2. The number of amides is 1. The molecule has 4 nitrogen and oxygen atoms in total. The van der Waals surface area contributed by atoms with E-state index in [4.69, 9.17) is 28.9 Å². The van der Waals surface area contributed by atoms with Crippen LogP contribution in [0.5, 0.6) is 0 Å². The van der Waals surface area contributed by atoms with Gasteiger partial charge in [0.25, 0.3) is 5.91 Å². The normalized spacial score (nSPS) is 10.3. The molecule has 0 bridgehead atoms. The first-order chi connectivity index (χ1) is 9.00. The zero-order valence-corrected chi connectivity index (χ0v) is 12.6. The van der Waals surface area contributed by atoms with E-state index in [2.05, 4.69) is 26.2 Å². The van der Waals surface area contributed by atoms with Crippen LogP contribution in [0.15, 0.2) is 35.1 Å². The maximum absolute atomic E-state index is 12.0. The minimum atomic E-state index is -0.397. The molecule has 1 aromatic heterocycles. The summed E-state index contributed by atoms with van der Waals surface area (Å²) in [6.45, 7) is 0. The minimum Gasteiger partial charge on any atom is -0.398 e.